The molecule has 1 aromatic rings. The second-order valence-corrected chi connectivity index (χ2v) is 5.86. The van der Waals surface area contributed by atoms with Gasteiger partial charge in [-0.1, -0.05) is 38.1 Å². The van der Waals surface area contributed by atoms with Crippen LogP contribution >= 0.6 is 12.4 Å². The van der Waals surface area contributed by atoms with Gasteiger partial charge >= 0.3 is 0 Å². The topological polar surface area (TPSA) is 64.3 Å². The van der Waals surface area contributed by atoms with Gasteiger partial charge in [0.15, 0.2) is 0 Å². The van der Waals surface area contributed by atoms with Crippen LogP contribution in [-0.2, 0) is 16.0 Å². The number of hydrogen-bond acceptors (Lipinski definition) is 3. The lowest BCUT2D eigenvalue weighted by Gasteiger charge is -2.28. The van der Waals surface area contributed by atoms with E-state index in [1.165, 1.54) is 5.56 Å². The minimum absolute atomic E-state index is 0. The molecule has 3 N–H and O–H groups in total. The van der Waals surface area contributed by atoms with Gasteiger partial charge in [0.2, 0.25) is 5.91 Å². The fourth-order valence-electron chi connectivity index (χ4n) is 2.66. The molecule has 124 valence electrons. The number of halogens is 1. The highest BCUT2D eigenvalue weighted by atomic mass is 35.5. The van der Waals surface area contributed by atoms with Gasteiger partial charge in [0.25, 0.3) is 0 Å². The molecule has 0 bridgehead atoms. The second kappa shape index (κ2) is 8.51. The monoisotopic (exact) mass is 326 g/mol. The zero-order valence-electron chi connectivity index (χ0n) is 13.4. The summed E-state index contributed by atoms with van der Waals surface area (Å²) in [5, 5.41) is 2.96. The number of hydrogen-bond donors (Lipinski definition) is 2. The van der Waals surface area contributed by atoms with Crippen molar-refractivity contribution in [3.63, 3.8) is 0 Å². The fourth-order valence-corrected chi connectivity index (χ4v) is 2.66. The first-order valence-corrected chi connectivity index (χ1v) is 7.83. The summed E-state index contributed by atoms with van der Waals surface area (Å²) in [4.78, 5) is 12.2. The SMILES string of the molecule is CCC(N)(CC)CNC(=O)CC1OCCc2ccccc21.Cl. The molecule has 0 spiro atoms. The molecule has 1 aliphatic heterocycles. The number of benzene rings is 1. The van der Waals surface area contributed by atoms with E-state index in [0.717, 1.165) is 24.8 Å². The van der Waals surface area contributed by atoms with Crippen LogP contribution in [0.15, 0.2) is 24.3 Å². The number of carbonyl (C=O) groups excluding carboxylic acids is 1. The van der Waals surface area contributed by atoms with Crippen molar-refractivity contribution in [2.45, 2.75) is 51.2 Å². The van der Waals surface area contributed by atoms with Gasteiger partial charge in [-0.15, -0.1) is 12.4 Å². The van der Waals surface area contributed by atoms with Crippen molar-refractivity contribution in [3.8, 4) is 0 Å². The van der Waals surface area contributed by atoms with Gasteiger partial charge in [0, 0.05) is 12.1 Å². The Labute approximate surface area is 139 Å². The van der Waals surface area contributed by atoms with Crippen molar-refractivity contribution in [1.82, 2.24) is 5.32 Å². The Balaban J connectivity index is 0.00000242. The highest BCUT2D eigenvalue weighted by molar-refractivity contribution is 5.85. The number of fused-ring (bicyclic) bond motifs is 1. The third-order valence-corrected chi connectivity index (χ3v) is 4.51. The standard InChI is InChI=1S/C17H26N2O2.ClH/c1-3-17(18,4-2)12-19-16(20)11-15-14-8-6-5-7-13(14)9-10-21-15;/h5-8,15H,3-4,9-12,18H2,1-2H3,(H,19,20);1H. The number of amides is 1. The lowest BCUT2D eigenvalue weighted by atomic mass is 9.93. The van der Waals surface area contributed by atoms with E-state index in [4.69, 9.17) is 10.5 Å². The van der Waals surface area contributed by atoms with E-state index >= 15 is 0 Å². The largest absolute Gasteiger partial charge is 0.373 e. The summed E-state index contributed by atoms with van der Waals surface area (Å²) >= 11 is 0. The molecule has 0 radical (unpaired) electrons. The summed E-state index contributed by atoms with van der Waals surface area (Å²) in [6.07, 6.45) is 2.86. The number of nitrogens with two attached hydrogens (primary N) is 1. The van der Waals surface area contributed by atoms with Crippen LogP contribution in [-0.4, -0.2) is 24.6 Å². The van der Waals surface area contributed by atoms with Gasteiger partial charge in [0.05, 0.1) is 19.1 Å². The average Bonchev–Trinajstić information content (AvgIpc) is 2.53. The summed E-state index contributed by atoms with van der Waals surface area (Å²) in [5.41, 5.74) is 8.34. The number of rotatable bonds is 6. The molecule has 1 amide bonds. The molecule has 0 aromatic heterocycles. The lowest BCUT2D eigenvalue weighted by Crippen LogP contribution is -2.49. The third kappa shape index (κ3) is 4.70. The van der Waals surface area contributed by atoms with Gasteiger partial charge in [-0.25, -0.2) is 0 Å². The maximum Gasteiger partial charge on any atom is 0.223 e. The normalized spacial score (nSPS) is 17.3. The first-order valence-electron chi connectivity index (χ1n) is 7.83. The van der Waals surface area contributed by atoms with Crippen molar-refractivity contribution >= 4 is 18.3 Å². The molecule has 0 saturated heterocycles. The first-order chi connectivity index (χ1) is 10.1. The van der Waals surface area contributed by atoms with Crippen LogP contribution in [0.2, 0.25) is 0 Å². The molecule has 22 heavy (non-hydrogen) atoms. The molecule has 1 aromatic carbocycles. The molecule has 1 aliphatic rings. The van der Waals surface area contributed by atoms with Crippen molar-refractivity contribution in [2.24, 2.45) is 5.73 Å². The van der Waals surface area contributed by atoms with Crippen LogP contribution in [0.3, 0.4) is 0 Å². The van der Waals surface area contributed by atoms with E-state index in [-0.39, 0.29) is 30.0 Å². The zero-order chi connectivity index (χ0) is 15.3. The summed E-state index contributed by atoms with van der Waals surface area (Å²) < 4.78 is 5.77. The van der Waals surface area contributed by atoms with Gasteiger partial charge < -0.3 is 15.8 Å². The molecule has 5 heteroatoms. The molecule has 2 rings (SSSR count). The Bertz CT molecular complexity index is 489. The Morgan fingerprint density at radius 2 is 2.05 bits per heavy atom. The molecule has 0 fully saturated rings. The Morgan fingerprint density at radius 3 is 2.73 bits per heavy atom. The van der Waals surface area contributed by atoms with Crippen LogP contribution in [0.25, 0.3) is 0 Å². The molecule has 1 heterocycles. The van der Waals surface area contributed by atoms with Crippen LogP contribution < -0.4 is 11.1 Å². The van der Waals surface area contributed by atoms with E-state index in [9.17, 15) is 4.79 Å². The Hall–Kier alpha value is -1.10. The van der Waals surface area contributed by atoms with Crippen molar-refractivity contribution < 1.29 is 9.53 Å². The van der Waals surface area contributed by atoms with Crippen molar-refractivity contribution in [1.29, 1.82) is 0 Å². The van der Waals surface area contributed by atoms with Gasteiger partial charge in [-0.2, -0.15) is 0 Å². The maximum atomic E-state index is 12.2. The predicted octanol–water partition coefficient (Wildman–Crippen LogP) is 2.75. The summed E-state index contributed by atoms with van der Waals surface area (Å²) in [6, 6.07) is 8.20. The first kappa shape index (κ1) is 18.9. The minimum Gasteiger partial charge on any atom is -0.373 e. The molecular formula is C17H27ClN2O2. The minimum atomic E-state index is -0.305. The molecular weight excluding hydrogens is 300 g/mol. The van der Waals surface area contributed by atoms with Crippen molar-refractivity contribution in [3.05, 3.63) is 35.4 Å². The van der Waals surface area contributed by atoms with E-state index in [1.54, 1.807) is 0 Å². The summed E-state index contributed by atoms with van der Waals surface area (Å²) in [6.45, 7) is 5.30. The molecule has 1 atom stereocenters. The predicted molar refractivity (Wildman–Crippen MR) is 91.2 cm³/mol. The number of carbonyl (C=O) groups is 1. The van der Waals surface area contributed by atoms with E-state index in [0.29, 0.717) is 19.6 Å². The third-order valence-electron chi connectivity index (χ3n) is 4.51. The molecule has 0 saturated carbocycles. The highest BCUT2D eigenvalue weighted by Crippen LogP contribution is 2.29. The Kier molecular flexibility index (Phi) is 7.33. The van der Waals surface area contributed by atoms with Crippen LogP contribution in [0, 0.1) is 0 Å². The van der Waals surface area contributed by atoms with E-state index < -0.39 is 0 Å². The van der Waals surface area contributed by atoms with E-state index in [2.05, 4.69) is 31.3 Å². The number of nitrogens with one attached hydrogen (secondary N) is 1. The summed E-state index contributed by atoms with van der Waals surface area (Å²) in [5.74, 6) is 0.00780. The average molecular weight is 327 g/mol. The molecule has 0 aliphatic carbocycles. The van der Waals surface area contributed by atoms with Crippen molar-refractivity contribution in [2.75, 3.05) is 13.2 Å². The number of ether oxygens (including phenoxy) is 1. The van der Waals surface area contributed by atoms with E-state index in [1.807, 2.05) is 12.1 Å². The summed E-state index contributed by atoms with van der Waals surface area (Å²) in [7, 11) is 0. The van der Waals surface area contributed by atoms with Gasteiger partial charge in [-0.05, 0) is 30.4 Å². The second-order valence-electron chi connectivity index (χ2n) is 5.86. The van der Waals surface area contributed by atoms with Crippen LogP contribution in [0.1, 0.15) is 50.3 Å². The fraction of sp³-hybridized carbons (Fsp3) is 0.588. The van der Waals surface area contributed by atoms with Gasteiger partial charge in [0.1, 0.15) is 0 Å². The molecule has 1 unspecified atom stereocenters. The van der Waals surface area contributed by atoms with Crippen LogP contribution in [0.4, 0.5) is 0 Å². The zero-order valence-corrected chi connectivity index (χ0v) is 14.2. The quantitative estimate of drug-likeness (QED) is 0.845. The lowest BCUT2D eigenvalue weighted by molar-refractivity contribution is -0.124. The smallest absolute Gasteiger partial charge is 0.223 e. The highest BCUT2D eigenvalue weighted by Gasteiger charge is 2.25. The molecule has 4 nitrogen and oxygen atoms in total. The Morgan fingerprint density at radius 1 is 1.36 bits per heavy atom. The van der Waals surface area contributed by atoms with Crippen LogP contribution in [0.5, 0.6) is 0 Å². The maximum absolute atomic E-state index is 12.2. The van der Waals surface area contributed by atoms with Gasteiger partial charge in [-0.3, -0.25) is 4.79 Å².